The molecule has 1 amide bonds. The molecular weight excluding hydrogens is 282 g/mol. The number of ether oxygens (including phenoxy) is 1. The van der Waals surface area contributed by atoms with E-state index < -0.39 is 5.60 Å². The summed E-state index contributed by atoms with van der Waals surface area (Å²) in [4.78, 5) is 17.8. The van der Waals surface area contributed by atoms with Crippen molar-refractivity contribution < 1.29 is 9.53 Å². The second-order valence-corrected chi connectivity index (χ2v) is 6.34. The third-order valence-electron chi connectivity index (χ3n) is 3.33. The van der Waals surface area contributed by atoms with Gasteiger partial charge in [0, 0.05) is 19.3 Å². The smallest absolute Gasteiger partial charge is 0.410 e. The molecule has 1 saturated heterocycles. The van der Waals surface area contributed by atoms with Crippen LogP contribution in [0.25, 0.3) is 11.4 Å². The van der Waals surface area contributed by atoms with E-state index in [0.717, 1.165) is 11.4 Å². The van der Waals surface area contributed by atoms with E-state index in [0.29, 0.717) is 13.1 Å². The molecule has 0 saturated carbocycles. The molecule has 3 rings (SSSR count). The summed E-state index contributed by atoms with van der Waals surface area (Å²) in [5, 5.41) is 8.27. The molecule has 0 radical (unpaired) electrons. The van der Waals surface area contributed by atoms with Crippen LogP contribution in [0.3, 0.4) is 0 Å². The first kappa shape index (κ1) is 14.5. The number of hydrogen-bond acceptors (Lipinski definition) is 5. The van der Waals surface area contributed by atoms with Crippen molar-refractivity contribution in [2.75, 3.05) is 13.1 Å². The number of hydrogen-bond donors (Lipinski definition) is 0. The van der Waals surface area contributed by atoms with Gasteiger partial charge >= 0.3 is 6.09 Å². The monoisotopic (exact) mass is 301 g/mol. The summed E-state index contributed by atoms with van der Waals surface area (Å²) in [5.74, 6) is 0. The molecule has 1 aliphatic heterocycles. The van der Waals surface area contributed by atoms with E-state index in [2.05, 4.69) is 15.3 Å². The molecule has 116 valence electrons. The highest BCUT2D eigenvalue weighted by Crippen LogP contribution is 2.24. The molecule has 7 heteroatoms. The van der Waals surface area contributed by atoms with Gasteiger partial charge in [0.1, 0.15) is 11.3 Å². The molecule has 0 bridgehead atoms. The van der Waals surface area contributed by atoms with Crippen LogP contribution in [0.1, 0.15) is 26.8 Å². The van der Waals surface area contributed by atoms with E-state index in [1.807, 2.05) is 45.2 Å². The predicted octanol–water partition coefficient (Wildman–Crippen LogP) is 2.13. The van der Waals surface area contributed by atoms with Gasteiger partial charge in [0.05, 0.1) is 17.9 Å². The first-order valence-corrected chi connectivity index (χ1v) is 7.23. The number of aromatic nitrogens is 4. The Hall–Kier alpha value is -2.44. The molecule has 0 N–H and O–H groups in total. The van der Waals surface area contributed by atoms with E-state index in [1.165, 1.54) is 0 Å². The van der Waals surface area contributed by atoms with E-state index in [-0.39, 0.29) is 12.1 Å². The van der Waals surface area contributed by atoms with Gasteiger partial charge in [0.2, 0.25) is 0 Å². The van der Waals surface area contributed by atoms with E-state index >= 15 is 0 Å². The number of nitrogens with zero attached hydrogens (tertiary/aromatic N) is 5. The zero-order valence-corrected chi connectivity index (χ0v) is 12.9. The Kier molecular flexibility index (Phi) is 3.56. The van der Waals surface area contributed by atoms with Gasteiger partial charge in [0.25, 0.3) is 0 Å². The fraction of sp³-hybridized carbons (Fsp3) is 0.467. The van der Waals surface area contributed by atoms with Gasteiger partial charge < -0.3 is 9.64 Å². The van der Waals surface area contributed by atoms with Crippen molar-refractivity contribution in [2.24, 2.45) is 0 Å². The quantitative estimate of drug-likeness (QED) is 0.849. The summed E-state index contributed by atoms with van der Waals surface area (Å²) >= 11 is 0. The molecule has 0 atom stereocenters. The maximum absolute atomic E-state index is 11.9. The molecule has 0 aromatic carbocycles. The van der Waals surface area contributed by atoms with Gasteiger partial charge in [-0.25, -0.2) is 9.48 Å². The van der Waals surface area contributed by atoms with E-state index in [9.17, 15) is 4.79 Å². The zero-order valence-electron chi connectivity index (χ0n) is 12.9. The Bertz CT molecular complexity index is 656. The highest BCUT2D eigenvalue weighted by molar-refractivity contribution is 5.69. The highest BCUT2D eigenvalue weighted by atomic mass is 16.6. The normalized spacial score (nSPS) is 15.5. The first-order valence-electron chi connectivity index (χ1n) is 7.23. The lowest BCUT2D eigenvalue weighted by molar-refractivity contribution is -0.000610. The lowest BCUT2D eigenvalue weighted by Crippen LogP contribution is -2.52. The molecule has 7 nitrogen and oxygen atoms in total. The SMILES string of the molecule is CC(C)(C)OC(=O)N1CC(n2cc(-c3ccccn3)nn2)C1. The third-order valence-corrected chi connectivity index (χ3v) is 3.33. The largest absolute Gasteiger partial charge is 0.444 e. The van der Waals surface area contributed by atoms with Crippen molar-refractivity contribution >= 4 is 6.09 Å². The van der Waals surface area contributed by atoms with Crippen molar-refractivity contribution in [3.8, 4) is 11.4 Å². The summed E-state index contributed by atoms with van der Waals surface area (Å²) in [6.07, 6.45) is 3.30. The summed E-state index contributed by atoms with van der Waals surface area (Å²) < 4.78 is 7.11. The van der Waals surface area contributed by atoms with Crippen molar-refractivity contribution in [3.05, 3.63) is 30.6 Å². The summed E-state index contributed by atoms with van der Waals surface area (Å²) in [6, 6.07) is 5.80. The molecule has 0 aliphatic carbocycles. The summed E-state index contributed by atoms with van der Waals surface area (Å²) in [5.41, 5.74) is 1.05. The number of pyridine rings is 1. The van der Waals surface area contributed by atoms with Crippen molar-refractivity contribution in [1.82, 2.24) is 24.9 Å². The van der Waals surface area contributed by atoms with Crippen LogP contribution in [0.2, 0.25) is 0 Å². The molecule has 0 spiro atoms. The van der Waals surface area contributed by atoms with Gasteiger partial charge in [-0.15, -0.1) is 5.10 Å². The number of likely N-dealkylation sites (tertiary alicyclic amines) is 1. The lowest BCUT2D eigenvalue weighted by Gasteiger charge is -2.39. The van der Waals surface area contributed by atoms with Gasteiger partial charge in [0.15, 0.2) is 0 Å². The molecule has 0 unspecified atom stereocenters. The Balaban J connectivity index is 1.60. The standard InChI is InChI=1S/C15H19N5O2/c1-15(2,3)22-14(21)19-8-11(9-19)20-10-13(17-18-20)12-6-4-5-7-16-12/h4-7,10-11H,8-9H2,1-3H3. The van der Waals surface area contributed by atoms with Crippen molar-refractivity contribution in [2.45, 2.75) is 32.4 Å². The van der Waals surface area contributed by atoms with Crippen LogP contribution >= 0.6 is 0 Å². The number of rotatable bonds is 2. The van der Waals surface area contributed by atoms with Crippen LogP contribution in [0.15, 0.2) is 30.6 Å². The minimum atomic E-state index is -0.471. The molecule has 2 aromatic heterocycles. The highest BCUT2D eigenvalue weighted by Gasteiger charge is 2.35. The maximum atomic E-state index is 11.9. The molecule has 1 aliphatic rings. The van der Waals surface area contributed by atoms with Crippen LogP contribution in [-0.4, -0.2) is 49.7 Å². The second kappa shape index (κ2) is 5.40. The van der Waals surface area contributed by atoms with Gasteiger partial charge in [-0.2, -0.15) is 0 Å². The molecule has 2 aromatic rings. The number of amides is 1. The van der Waals surface area contributed by atoms with E-state index in [1.54, 1.807) is 15.8 Å². The molecule has 1 fully saturated rings. The van der Waals surface area contributed by atoms with Gasteiger partial charge in [-0.05, 0) is 32.9 Å². The summed E-state index contributed by atoms with van der Waals surface area (Å²) in [7, 11) is 0. The number of carbonyl (C=O) groups excluding carboxylic acids is 1. The first-order chi connectivity index (χ1) is 10.4. The fourth-order valence-corrected chi connectivity index (χ4v) is 2.19. The topological polar surface area (TPSA) is 73.1 Å². The molecule has 3 heterocycles. The maximum Gasteiger partial charge on any atom is 0.410 e. The average molecular weight is 301 g/mol. The van der Waals surface area contributed by atoms with Gasteiger partial charge in [-0.3, -0.25) is 4.98 Å². The van der Waals surface area contributed by atoms with Crippen molar-refractivity contribution in [3.63, 3.8) is 0 Å². The lowest BCUT2D eigenvalue weighted by atomic mass is 10.1. The molecule has 22 heavy (non-hydrogen) atoms. The van der Waals surface area contributed by atoms with Crippen molar-refractivity contribution in [1.29, 1.82) is 0 Å². The Morgan fingerprint density at radius 3 is 2.68 bits per heavy atom. The van der Waals surface area contributed by atoms with E-state index in [4.69, 9.17) is 4.74 Å². The third kappa shape index (κ3) is 3.08. The zero-order chi connectivity index (χ0) is 15.7. The van der Waals surface area contributed by atoms with Crippen LogP contribution in [-0.2, 0) is 4.74 Å². The Labute approximate surface area is 128 Å². The van der Waals surface area contributed by atoms with Crippen LogP contribution in [0.4, 0.5) is 4.79 Å². The van der Waals surface area contributed by atoms with Crippen LogP contribution < -0.4 is 0 Å². The fourth-order valence-electron chi connectivity index (χ4n) is 2.19. The second-order valence-electron chi connectivity index (χ2n) is 6.34. The minimum absolute atomic E-state index is 0.137. The Morgan fingerprint density at radius 2 is 2.05 bits per heavy atom. The van der Waals surface area contributed by atoms with Gasteiger partial charge in [-0.1, -0.05) is 11.3 Å². The molecular formula is C15H19N5O2. The average Bonchev–Trinajstić information content (AvgIpc) is 2.85. The van der Waals surface area contributed by atoms with Crippen LogP contribution in [0.5, 0.6) is 0 Å². The summed E-state index contributed by atoms with van der Waals surface area (Å²) in [6.45, 7) is 6.75. The number of carbonyl (C=O) groups is 1. The predicted molar refractivity (Wildman–Crippen MR) is 80.1 cm³/mol. The van der Waals surface area contributed by atoms with Crippen LogP contribution in [0, 0.1) is 0 Å². The Morgan fingerprint density at radius 1 is 1.27 bits per heavy atom. The minimum Gasteiger partial charge on any atom is -0.444 e.